The molecule has 0 aromatic heterocycles. The molecule has 0 N–H and O–H groups in total. The third-order valence-electron chi connectivity index (χ3n) is 6.28. The van der Waals surface area contributed by atoms with Crippen molar-refractivity contribution in [2.45, 2.75) is 116 Å². The van der Waals surface area contributed by atoms with Crippen LogP contribution in [0.25, 0.3) is 0 Å². The summed E-state index contributed by atoms with van der Waals surface area (Å²) in [6.07, 6.45) is 24.6. The molecule has 0 saturated carbocycles. The van der Waals surface area contributed by atoms with Crippen molar-refractivity contribution >= 4 is 5.69 Å². The number of halogens is 1. The van der Waals surface area contributed by atoms with Gasteiger partial charge in [-0.1, -0.05) is 121 Å². The van der Waals surface area contributed by atoms with Crippen molar-refractivity contribution in [2.24, 2.45) is 0 Å². The summed E-state index contributed by atoms with van der Waals surface area (Å²) in [5.74, 6) is 0. The summed E-state index contributed by atoms with van der Waals surface area (Å²) >= 11 is 0. The molecule has 0 spiro atoms. The van der Waals surface area contributed by atoms with Crippen LogP contribution in [-0.2, 0) is 0 Å². The highest BCUT2D eigenvalue weighted by atomic mass is 35.5. The summed E-state index contributed by atoms with van der Waals surface area (Å²) in [7, 11) is 4.67. The predicted molar refractivity (Wildman–Crippen MR) is 129 cm³/mol. The van der Waals surface area contributed by atoms with Crippen molar-refractivity contribution in [3.63, 3.8) is 0 Å². The van der Waals surface area contributed by atoms with Crippen LogP contribution in [-0.4, -0.2) is 20.6 Å². The average molecular weight is 424 g/mol. The normalized spacial score (nSPS) is 11.4. The maximum Gasteiger partial charge on any atom is 0.132 e. The maximum absolute atomic E-state index is 2.34. The lowest BCUT2D eigenvalue weighted by Crippen LogP contribution is -3.00. The van der Waals surface area contributed by atoms with E-state index in [0.29, 0.717) is 0 Å². The van der Waals surface area contributed by atoms with E-state index in [2.05, 4.69) is 51.4 Å². The summed E-state index contributed by atoms with van der Waals surface area (Å²) in [6.45, 7) is 3.55. The van der Waals surface area contributed by atoms with Crippen molar-refractivity contribution in [1.29, 1.82) is 0 Å². The van der Waals surface area contributed by atoms with Crippen LogP contribution in [0.4, 0.5) is 5.69 Å². The van der Waals surface area contributed by atoms with Gasteiger partial charge in [0.25, 0.3) is 0 Å². The van der Waals surface area contributed by atoms with Gasteiger partial charge < -0.3 is 12.4 Å². The molecule has 0 radical (unpaired) electrons. The highest BCUT2D eigenvalue weighted by molar-refractivity contribution is 5.40. The number of quaternary nitrogens is 1. The van der Waals surface area contributed by atoms with Gasteiger partial charge in [0.1, 0.15) is 5.69 Å². The predicted octanol–water partition coefficient (Wildman–Crippen LogP) is 5.91. The van der Waals surface area contributed by atoms with E-state index in [-0.39, 0.29) is 12.4 Å². The van der Waals surface area contributed by atoms with E-state index in [4.69, 9.17) is 0 Å². The van der Waals surface area contributed by atoms with E-state index >= 15 is 0 Å². The number of hydrogen-bond donors (Lipinski definition) is 0. The average Bonchev–Trinajstić information content (AvgIpc) is 2.71. The summed E-state index contributed by atoms with van der Waals surface area (Å²) in [5.41, 5.74) is 1.43. The third kappa shape index (κ3) is 15.9. The number of benzene rings is 1. The highest BCUT2D eigenvalue weighted by Gasteiger charge is 2.17. The van der Waals surface area contributed by atoms with Gasteiger partial charge in [-0.15, -0.1) is 0 Å². The third-order valence-corrected chi connectivity index (χ3v) is 6.28. The van der Waals surface area contributed by atoms with E-state index in [1.54, 1.807) is 0 Å². The first-order chi connectivity index (χ1) is 13.7. The fourth-order valence-corrected chi connectivity index (χ4v) is 4.19. The molecule has 1 nitrogen and oxygen atoms in total. The van der Waals surface area contributed by atoms with Crippen LogP contribution in [0.5, 0.6) is 0 Å². The lowest BCUT2D eigenvalue weighted by atomic mass is 10.0. The molecule has 1 rings (SSSR count). The van der Waals surface area contributed by atoms with Crippen LogP contribution in [0.2, 0.25) is 0 Å². The van der Waals surface area contributed by atoms with Crippen molar-refractivity contribution in [3.05, 3.63) is 30.3 Å². The van der Waals surface area contributed by atoms with Gasteiger partial charge in [-0.05, 0) is 25.0 Å². The number of rotatable bonds is 19. The van der Waals surface area contributed by atoms with Crippen LogP contribution < -0.4 is 16.9 Å². The van der Waals surface area contributed by atoms with Gasteiger partial charge in [0.2, 0.25) is 0 Å². The zero-order valence-corrected chi connectivity index (χ0v) is 20.7. The number of nitrogens with zero attached hydrogens (tertiary/aromatic N) is 1. The standard InChI is InChI=1S/C27H50N.ClH/c1-4-5-6-7-8-9-10-11-12-13-14-15-16-17-18-19-23-26-28(2,3)27-24-21-20-22-25-27;/h20-22,24-25H,4-19,23,26H2,1-3H3;1H/q+1;/p-1. The van der Waals surface area contributed by atoms with Gasteiger partial charge in [-0.25, -0.2) is 0 Å². The van der Waals surface area contributed by atoms with E-state index in [1.807, 2.05) is 0 Å². The van der Waals surface area contributed by atoms with Crippen molar-refractivity contribution in [3.8, 4) is 0 Å². The van der Waals surface area contributed by atoms with Gasteiger partial charge in [-0.3, -0.25) is 4.48 Å². The minimum Gasteiger partial charge on any atom is -1.00 e. The van der Waals surface area contributed by atoms with Gasteiger partial charge in [0, 0.05) is 0 Å². The molecule has 0 heterocycles. The summed E-state index contributed by atoms with van der Waals surface area (Å²) in [4.78, 5) is 0. The molecule has 0 saturated heterocycles. The summed E-state index contributed by atoms with van der Waals surface area (Å²) < 4.78 is 1.01. The van der Waals surface area contributed by atoms with Crippen LogP contribution in [0, 0.1) is 0 Å². The van der Waals surface area contributed by atoms with Crippen molar-refractivity contribution < 1.29 is 12.4 Å². The Morgan fingerprint density at radius 2 is 0.862 bits per heavy atom. The largest absolute Gasteiger partial charge is 1.00 e. The van der Waals surface area contributed by atoms with Crippen LogP contribution in [0.15, 0.2) is 30.3 Å². The van der Waals surface area contributed by atoms with Crippen molar-refractivity contribution in [1.82, 2.24) is 4.48 Å². The fraction of sp³-hybridized carbons (Fsp3) is 0.778. The molecule has 0 fully saturated rings. The molecule has 0 amide bonds. The van der Waals surface area contributed by atoms with E-state index < -0.39 is 0 Å². The molecule has 0 bridgehead atoms. The van der Waals surface area contributed by atoms with Crippen LogP contribution in [0.1, 0.15) is 116 Å². The monoisotopic (exact) mass is 423 g/mol. The molecule has 1 aromatic rings. The lowest BCUT2D eigenvalue weighted by Gasteiger charge is -2.29. The maximum atomic E-state index is 2.34. The molecular weight excluding hydrogens is 374 g/mol. The second-order valence-corrected chi connectivity index (χ2v) is 9.40. The van der Waals surface area contributed by atoms with Crippen molar-refractivity contribution in [2.75, 3.05) is 20.6 Å². The molecule has 0 unspecified atom stereocenters. The van der Waals surface area contributed by atoms with E-state index in [0.717, 1.165) is 4.48 Å². The van der Waals surface area contributed by atoms with E-state index in [1.165, 1.54) is 121 Å². The Labute approximate surface area is 189 Å². The van der Waals surface area contributed by atoms with Crippen LogP contribution >= 0.6 is 0 Å². The molecule has 1 aromatic carbocycles. The molecule has 0 aliphatic rings. The SMILES string of the molecule is CCCCCCCCCCCCCCCCCCC[N+](C)(C)c1ccccc1.[Cl-]. The molecule has 2 heteroatoms. The first-order valence-electron chi connectivity index (χ1n) is 12.6. The number of para-hydroxylation sites is 1. The smallest absolute Gasteiger partial charge is 0.132 e. The molecule has 0 aliphatic carbocycles. The van der Waals surface area contributed by atoms with Crippen LogP contribution in [0.3, 0.4) is 0 Å². The lowest BCUT2D eigenvalue weighted by molar-refractivity contribution is -0.00000626. The Kier molecular flexibility index (Phi) is 19.1. The summed E-state index contributed by atoms with van der Waals surface area (Å²) in [5, 5.41) is 0. The molecule has 170 valence electrons. The van der Waals surface area contributed by atoms with E-state index in [9.17, 15) is 0 Å². The Bertz CT molecular complexity index is 443. The van der Waals surface area contributed by atoms with Gasteiger partial charge in [0.15, 0.2) is 0 Å². The first kappa shape index (κ1) is 28.5. The molecule has 0 atom stereocenters. The highest BCUT2D eigenvalue weighted by Crippen LogP contribution is 2.19. The second-order valence-electron chi connectivity index (χ2n) is 9.40. The molecule has 0 aliphatic heterocycles. The Hall–Kier alpha value is -0.530. The Morgan fingerprint density at radius 1 is 0.517 bits per heavy atom. The van der Waals surface area contributed by atoms with Gasteiger partial charge in [-0.2, -0.15) is 0 Å². The summed E-state index contributed by atoms with van der Waals surface area (Å²) in [6, 6.07) is 10.9. The quantitative estimate of drug-likeness (QED) is 0.191. The zero-order chi connectivity index (χ0) is 20.3. The minimum atomic E-state index is 0. The molecular formula is C27H50ClN. The first-order valence-corrected chi connectivity index (χ1v) is 12.6. The minimum absolute atomic E-state index is 0. The molecule has 29 heavy (non-hydrogen) atoms. The second kappa shape index (κ2) is 19.4. The Balaban J connectivity index is 0.00000784. The number of hydrogen-bond acceptors (Lipinski definition) is 0. The Morgan fingerprint density at radius 3 is 1.24 bits per heavy atom. The fourth-order valence-electron chi connectivity index (χ4n) is 4.19. The zero-order valence-electron chi connectivity index (χ0n) is 19.9. The van der Waals surface area contributed by atoms with Gasteiger partial charge >= 0.3 is 0 Å². The van der Waals surface area contributed by atoms with Gasteiger partial charge in [0.05, 0.1) is 20.6 Å². The number of unbranched alkanes of at least 4 members (excludes halogenated alkanes) is 16. The topological polar surface area (TPSA) is 0 Å².